The SMILES string of the molecule is CC=NON1CCCCC1. The Morgan fingerprint density at radius 2 is 2.00 bits per heavy atom. The minimum atomic E-state index is 1.03. The molecule has 0 aliphatic carbocycles. The summed E-state index contributed by atoms with van der Waals surface area (Å²) >= 11 is 0. The maximum atomic E-state index is 5.03. The minimum absolute atomic E-state index is 1.03. The number of piperidine rings is 1. The van der Waals surface area contributed by atoms with Crippen LogP contribution in [-0.2, 0) is 4.94 Å². The minimum Gasteiger partial charge on any atom is -0.297 e. The van der Waals surface area contributed by atoms with Gasteiger partial charge in [-0.3, -0.25) is 4.94 Å². The molecule has 10 heavy (non-hydrogen) atoms. The molecule has 0 amide bonds. The highest BCUT2D eigenvalue weighted by atomic mass is 16.8. The summed E-state index contributed by atoms with van der Waals surface area (Å²) in [6.07, 6.45) is 5.46. The van der Waals surface area contributed by atoms with Gasteiger partial charge >= 0.3 is 0 Å². The lowest BCUT2D eigenvalue weighted by atomic mass is 10.2. The monoisotopic (exact) mass is 142 g/mol. The third-order valence-corrected chi connectivity index (χ3v) is 1.58. The number of hydrogen-bond donors (Lipinski definition) is 0. The quantitative estimate of drug-likeness (QED) is 0.430. The van der Waals surface area contributed by atoms with E-state index in [0.29, 0.717) is 0 Å². The molecule has 1 aliphatic rings. The van der Waals surface area contributed by atoms with Crippen molar-refractivity contribution in [2.24, 2.45) is 5.16 Å². The van der Waals surface area contributed by atoms with Crippen molar-refractivity contribution in [1.29, 1.82) is 0 Å². The molecule has 0 radical (unpaired) electrons. The normalized spacial score (nSPS) is 21.7. The van der Waals surface area contributed by atoms with Crippen LogP contribution in [0.5, 0.6) is 0 Å². The van der Waals surface area contributed by atoms with E-state index in [0.717, 1.165) is 13.1 Å². The predicted octanol–water partition coefficient (Wildman–Crippen LogP) is 1.41. The van der Waals surface area contributed by atoms with E-state index in [1.807, 2.05) is 12.0 Å². The largest absolute Gasteiger partial charge is 0.297 e. The van der Waals surface area contributed by atoms with Gasteiger partial charge in [0.05, 0.1) is 0 Å². The van der Waals surface area contributed by atoms with Crippen molar-refractivity contribution < 1.29 is 4.94 Å². The van der Waals surface area contributed by atoms with Gasteiger partial charge in [-0.25, -0.2) is 0 Å². The highest BCUT2D eigenvalue weighted by molar-refractivity contribution is 5.52. The molecule has 1 heterocycles. The molecule has 0 saturated carbocycles. The average Bonchev–Trinajstić information content (AvgIpc) is 2.03. The molecule has 1 fully saturated rings. The van der Waals surface area contributed by atoms with E-state index in [-0.39, 0.29) is 0 Å². The highest BCUT2D eigenvalue weighted by Gasteiger charge is 2.09. The number of oxime groups is 1. The topological polar surface area (TPSA) is 24.8 Å². The van der Waals surface area contributed by atoms with Crippen molar-refractivity contribution in [2.45, 2.75) is 26.2 Å². The first kappa shape index (κ1) is 7.54. The van der Waals surface area contributed by atoms with Gasteiger partial charge in [0.2, 0.25) is 0 Å². The summed E-state index contributed by atoms with van der Waals surface area (Å²) in [7, 11) is 0. The Morgan fingerprint density at radius 1 is 1.30 bits per heavy atom. The fraction of sp³-hybridized carbons (Fsp3) is 0.857. The third-order valence-electron chi connectivity index (χ3n) is 1.58. The Balaban J connectivity index is 2.13. The fourth-order valence-corrected chi connectivity index (χ4v) is 1.06. The fourth-order valence-electron chi connectivity index (χ4n) is 1.06. The number of rotatable bonds is 2. The van der Waals surface area contributed by atoms with Crippen molar-refractivity contribution >= 4 is 6.21 Å². The van der Waals surface area contributed by atoms with Gasteiger partial charge in [-0.2, -0.15) is 0 Å². The summed E-state index contributed by atoms with van der Waals surface area (Å²) in [4.78, 5) is 5.03. The second kappa shape index (κ2) is 4.28. The Labute approximate surface area is 61.6 Å². The summed E-state index contributed by atoms with van der Waals surface area (Å²) in [6.45, 7) is 3.90. The zero-order chi connectivity index (χ0) is 7.23. The molecule has 1 rings (SSSR count). The van der Waals surface area contributed by atoms with Crippen LogP contribution in [0.25, 0.3) is 0 Å². The van der Waals surface area contributed by atoms with E-state index in [2.05, 4.69) is 5.16 Å². The van der Waals surface area contributed by atoms with Crippen LogP contribution >= 0.6 is 0 Å². The Kier molecular flexibility index (Phi) is 3.22. The molecule has 0 aromatic rings. The van der Waals surface area contributed by atoms with Crippen LogP contribution in [0.3, 0.4) is 0 Å². The van der Waals surface area contributed by atoms with Gasteiger partial charge in [0.1, 0.15) is 0 Å². The van der Waals surface area contributed by atoms with E-state index < -0.39 is 0 Å². The molecule has 0 spiro atoms. The molecule has 3 nitrogen and oxygen atoms in total. The van der Waals surface area contributed by atoms with Crippen LogP contribution in [0.4, 0.5) is 0 Å². The molecule has 0 atom stereocenters. The van der Waals surface area contributed by atoms with Gasteiger partial charge in [0.15, 0.2) is 0 Å². The molecule has 0 aromatic heterocycles. The summed E-state index contributed by atoms with van der Waals surface area (Å²) in [5.41, 5.74) is 0. The lowest BCUT2D eigenvalue weighted by molar-refractivity contribution is -0.167. The summed E-state index contributed by atoms with van der Waals surface area (Å²) in [5, 5.41) is 5.60. The molecule has 0 N–H and O–H groups in total. The zero-order valence-electron chi connectivity index (χ0n) is 6.42. The molecule has 1 saturated heterocycles. The van der Waals surface area contributed by atoms with Crippen LogP contribution < -0.4 is 0 Å². The van der Waals surface area contributed by atoms with E-state index in [1.165, 1.54) is 19.3 Å². The molecule has 1 aliphatic heterocycles. The molecular weight excluding hydrogens is 128 g/mol. The van der Waals surface area contributed by atoms with E-state index in [1.54, 1.807) is 6.21 Å². The van der Waals surface area contributed by atoms with Gasteiger partial charge in [-0.1, -0.05) is 11.6 Å². The first-order chi connectivity index (χ1) is 4.93. The Bertz CT molecular complexity index is 108. The van der Waals surface area contributed by atoms with Crippen molar-refractivity contribution in [1.82, 2.24) is 5.06 Å². The van der Waals surface area contributed by atoms with Crippen LogP contribution in [0, 0.1) is 0 Å². The van der Waals surface area contributed by atoms with Crippen molar-refractivity contribution in [2.75, 3.05) is 13.1 Å². The Morgan fingerprint density at radius 3 is 2.60 bits per heavy atom. The smallest absolute Gasteiger partial charge is 0.0431 e. The highest BCUT2D eigenvalue weighted by Crippen LogP contribution is 2.08. The molecule has 0 aromatic carbocycles. The Hall–Kier alpha value is -0.570. The van der Waals surface area contributed by atoms with Crippen molar-refractivity contribution in [3.05, 3.63) is 0 Å². The van der Waals surface area contributed by atoms with Gasteiger partial charge in [0, 0.05) is 19.3 Å². The van der Waals surface area contributed by atoms with Crippen molar-refractivity contribution in [3.8, 4) is 0 Å². The van der Waals surface area contributed by atoms with Crippen molar-refractivity contribution in [3.63, 3.8) is 0 Å². The standard InChI is InChI=1S/C7H14N2O/c1-2-8-10-9-6-4-3-5-7-9/h2H,3-7H2,1H3. The van der Waals surface area contributed by atoms with E-state index >= 15 is 0 Å². The number of hydroxylamine groups is 2. The maximum absolute atomic E-state index is 5.03. The van der Waals surface area contributed by atoms with Crippen LogP contribution in [0.2, 0.25) is 0 Å². The predicted molar refractivity (Wildman–Crippen MR) is 40.7 cm³/mol. The van der Waals surface area contributed by atoms with Crippen LogP contribution in [0.1, 0.15) is 26.2 Å². The molecule has 3 heteroatoms. The zero-order valence-corrected chi connectivity index (χ0v) is 6.42. The van der Waals surface area contributed by atoms with Crippen LogP contribution in [0.15, 0.2) is 5.16 Å². The molecular formula is C7H14N2O. The number of hydrogen-bond acceptors (Lipinski definition) is 3. The summed E-state index contributed by atoms with van der Waals surface area (Å²) in [6, 6.07) is 0. The lowest BCUT2D eigenvalue weighted by Crippen LogP contribution is -2.28. The van der Waals surface area contributed by atoms with Gasteiger partial charge in [0.25, 0.3) is 0 Å². The first-order valence-corrected chi connectivity index (χ1v) is 3.83. The van der Waals surface area contributed by atoms with Gasteiger partial charge in [-0.05, 0) is 19.8 Å². The van der Waals surface area contributed by atoms with Crippen LogP contribution in [-0.4, -0.2) is 24.4 Å². The molecule has 0 bridgehead atoms. The lowest BCUT2D eigenvalue weighted by Gasteiger charge is -2.21. The van der Waals surface area contributed by atoms with E-state index in [9.17, 15) is 0 Å². The third kappa shape index (κ3) is 2.35. The number of nitrogens with zero attached hydrogens (tertiary/aromatic N) is 2. The summed E-state index contributed by atoms with van der Waals surface area (Å²) < 4.78 is 0. The van der Waals surface area contributed by atoms with Gasteiger partial charge in [-0.15, -0.1) is 5.06 Å². The van der Waals surface area contributed by atoms with E-state index in [4.69, 9.17) is 4.94 Å². The van der Waals surface area contributed by atoms with Gasteiger partial charge < -0.3 is 0 Å². The second-order valence-corrected chi connectivity index (χ2v) is 2.43. The molecule has 58 valence electrons. The average molecular weight is 142 g/mol. The summed E-state index contributed by atoms with van der Waals surface area (Å²) in [5.74, 6) is 0. The maximum Gasteiger partial charge on any atom is 0.0431 e. The second-order valence-electron chi connectivity index (χ2n) is 2.43. The first-order valence-electron chi connectivity index (χ1n) is 3.83. The molecule has 0 unspecified atom stereocenters.